The maximum absolute atomic E-state index is 13.7. The Labute approximate surface area is 291 Å². The number of ether oxygens (including phenoxy) is 4. The normalized spacial score (nSPS) is 17.9. The second-order valence-electron chi connectivity index (χ2n) is 11.3. The molecule has 0 spiro atoms. The van der Waals surface area contributed by atoms with Gasteiger partial charge in [-0.3, -0.25) is 9.36 Å². The fourth-order valence-corrected chi connectivity index (χ4v) is 5.37. The number of hydrogen-bond acceptors (Lipinski definition) is 10. The molecule has 256 valence electrons. The molecule has 2 heterocycles. The smallest absolute Gasteiger partial charge is 0.351 e. The summed E-state index contributed by atoms with van der Waals surface area (Å²) in [5.74, 6) is -2.84. The largest absolute Gasteiger partial charge is 0.459 e. The van der Waals surface area contributed by atoms with Crippen molar-refractivity contribution in [2.24, 2.45) is 0 Å². The Morgan fingerprint density at radius 1 is 0.706 bits per heavy atom. The summed E-state index contributed by atoms with van der Waals surface area (Å²) in [6.07, 6.45) is -2.80. The Bertz CT molecular complexity index is 2090. The van der Waals surface area contributed by atoms with E-state index in [4.69, 9.17) is 18.9 Å². The Balaban J connectivity index is 1.37. The van der Waals surface area contributed by atoms with Gasteiger partial charge in [0.15, 0.2) is 18.4 Å². The number of benzene rings is 4. The Morgan fingerprint density at radius 3 is 1.69 bits per heavy atom. The summed E-state index contributed by atoms with van der Waals surface area (Å²) >= 11 is 0. The van der Waals surface area contributed by atoms with Gasteiger partial charge >= 0.3 is 23.6 Å². The minimum absolute atomic E-state index is 0.0728. The first-order valence-corrected chi connectivity index (χ1v) is 15.8. The van der Waals surface area contributed by atoms with Gasteiger partial charge < -0.3 is 24.3 Å². The number of carbonyl (C=O) groups is 4. The SMILES string of the molecule is C=Cc1cn([C@@H]2O[C@H](COC(=O)c3ccccc3)C(OC(=O)c3ccccc3)[C@H]2OC(=O)c2ccccc2)c(=O)nc1NC(=O)c1ccccc1. The Kier molecular flexibility index (Phi) is 10.5. The monoisotopic (exact) mass is 685 g/mol. The minimum atomic E-state index is -1.45. The van der Waals surface area contributed by atoms with E-state index in [2.05, 4.69) is 16.9 Å². The first-order chi connectivity index (χ1) is 24.8. The molecule has 5 aromatic rings. The predicted molar refractivity (Wildman–Crippen MR) is 185 cm³/mol. The van der Waals surface area contributed by atoms with Crippen molar-refractivity contribution in [1.82, 2.24) is 9.55 Å². The topological polar surface area (TPSA) is 152 Å². The van der Waals surface area contributed by atoms with Crippen LogP contribution in [0.15, 0.2) is 139 Å². The van der Waals surface area contributed by atoms with Gasteiger partial charge in [0.1, 0.15) is 18.5 Å². The molecule has 12 heteroatoms. The number of nitrogens with one attached hydrogen (secondary N) is 1. The van der Waals surface area contributed by atoms with E-state index in [0.29, 0.717) is 5.56 Å². The van der Waals surface area contributed by atoms with Crippen molar-refractivity contribution in [2.45, 2.75) is 24.5 Å². The van der Waals surface area contributed by atoms with Crippen LogP contribution in [-0.4, -0.2) is 58.3 Å². The lowest BCUT2D eigenvalue weighted by Gasteiger charge is -2.25. The zero-order valence-corrected chi connectivity index (χ0v) is 27.0. The van der Waals surface area contributed by atoms with Crippen LogP contribution in [0.5, 0.6) is 0 Å². The molecule has 6 rings (SSSR count). The molecule has 12 nitrogen and oxygen atoms in total. The summed E-state index contributed by atoms with van der Waals surface area (Å²) < 4.78 is 24.8. The fraction of sp³-hybridized carbons (Fsp3) is 0.128. The number of nitrogens with zero attached hydrogens (tertiary/aromatic N) is 2. The molecule has 4 aromatic carbocycles. The van der Waals surface area contributed by atoms with E-state index in [1.54, 1.807) is 97.1 Å². The summed E-state index contributed by atoms with van der Waals surface area (Å²) in [6, 6.07) is 32.7. The van der Waals surface area contributed by atoms with Crippen LogP contribution in [0.25, 0.3) is 6.08 Å². The molecular weight excluding hydrogens is 654 g/mol. The molecule has 1 aliphatic rings. The van der Waals surface area contributed by atoms with Crippen LogP contribution in [0.1, 0.15) is 53.2 Å². The molecule has 1 N–H and O–H groups in total. The number of hydrogen-bond donors (Lipinski definition) is 1. The van der Waals surface area contributed by atoms with Gasteiger partial charge in [0.25, 0.3) is 5.91 Å². The highest BCUT2D eigenvalue weighted by atomic mass is 16.7. The molecule has 1 aromatic heterocycles. The quantitative estimate of drug-likeness (QED) is 0.142. The molecule has 1 fully saturated rings. The lowest BCUT2D eigenvalue weighted by atomic mass is 10.1. The van der Waals surface area contributed by atoms with E-state index in [1.807, 2.05) is 0 Å². The number of anilines is 1. The zero-order valence-electron chi connectivity index (χ0n) is 27.0. The second kappa shape index (κ2) is 15.7. The highest BCUT2D eigenvalue weighted by Gasteiger charge is 2.52. The summed E-state index contributed by atoms with van der Waals surface area (Å²) in [5.41, 5.74) is 0.305. The van der Waals surface area contributed by atoms with Crippen LogP contribution in [0, 0.1) is 0 Å². The van der Waals surface area contributed by atoms with Gasteiger partial charge in [-0.05, 0) is 48.5 Å². The van der Waals surface area contributed by atoms with E-state index in [0.717, 1.165) is 4.57 Å². The van der Waals surface area contributed by atoms with Gasteiger partial charge in [-0.25, -0.2) is 19.2 Å². The summed E-state index contributed by atoms with van der Waals surface area (Å²) in [7, 11) is 0. The average molecular weight is 686 g/mol. The highest BCUT2D eigenvalue weighted by Crippen LogP contribution is 2.35. The number of amides is 1. The van der Waals surface area contributed by atoms with Gasteiger partial charge in [-0.1, -0.05) is 85.5 Å². The van der Waals surface area contributed by atoms with E-state index in [-0.39, 0.29) is 28.1 Å². The van der Waals surface area contributed by atoms with Crippen LogP contribution in [0.4, 0.5) is 5.82 Å². The maximum Gasteiger partial charge on any atom is 0.351 e. The van der Waals surface area contributed by atoms with Crippen molar-refractivity contribution >= 4 is 35.7 Å². The lowest BCUT2D eigenvalue weighted by Crippen LogP contribution is -2.42. The van der Waals surface area contributed by atoms with Crippen molar-refractivity contribution in [2.75, 3.05) is 11.9 Å². The Hall–Kier alpha value is -6.66. The number of aromatic nitrogens is 2. The predicted octanol–water partition coefficient (Wildman–Crippen LogP) is 5.34. The molecule has 4 atom stereocenters. The van der Waals surface area contributed by atoms with Gasteiger partial charge in [-0.2, -0.15) is 4.98 Å². The third-order valence-electron chi connectivity index (χ3n) is 7.92. The van der Waals surface area contributed by atoms with Gasteiger partial charge in [0, 0.05) is 17.3 Å². The number of carbonyl (C=O) groups excluding carboxylic acids is 4. The van der Waals surface area contributed by atoms with Crippen LogP contribution >= 0.6 is 0 Å². The third kappa shape index (κ3) is 7.98. The summed E-state index contributed by atoms with van der Waals surface area (Å²) in [6.45, 7) is 3.35. The number of esters is 3. The lowest BCUT2D eigenvalue weighted by molar-refractivity contribution is -0.0639. The molecule has 0 saturated carbocycles. The van der Waals surface area contributed by atoms with Crippen molar-refractivity contribution in [3.8, 4) is 0 Å². The molecule has 0 radical (unpaired) electrons. The molecule has 0 bridgehead atoms. The fourth-order valence-electron chi connectivity index (χ4n) is 5.37. The summed E-state index contributed by atoms with van der Waals surface area (Å²) in [5, 5.41) is 2.62. The number of rotatable bonds is 11. The Morgan fingerprint density at radius 2 is 1.18 bits per heavy atom. The average Bonchev–Trinajstić information content (AvgIpc) is 3.50. The van der Waals surface area contributed by atoms with Crippen LogP contribution in [0.3, 0.4) is 0 Å². The molecule has 0 aliphatic carbocycles. The van der Waals surface area contributed by atoms with E-state index in [9.17, 15) is 24.0 Å². The van der Waals surface area contributed by atoms with E-state index < -0.39 is 60.7 Å². The molecule has 1 aliphatic heterocycles. The van der Waals surface area contributed by atoms with E-state index >= 15 is 0 Å². The highest BCUT2D eigenvalue weighted by molar-refractivity contribution is 6.04. The molecule has 1 amide bonds. The summed E-state index contributed by atoms with van der Waals surface area (Å²) in [4.78, 5) is 70.5. The van der Waals surface area contributed by atoms with Crippen LogP contribution in [0.2, 0.25) is 0 Å². The van der Waals surface area contributed by atoms with Gasteiger partial charge in [0.2, 0.25) is 0 Å². The van der Waals surface area contributed by atoms with Crippen molar-refractivity contribution in [3.05, 3.63) is 172 Å². The van der Waals surface area contributed by atoms with Crippen LogP contribution < -0.4 is 11.0 Å². The maximum atomic E-state index is 13.7. The molecule has 51 heavy (non-hydrogen) atoms. The molecular formula is C39H31N3O9. The third-order valence-corrected chi connectivity index (χ3v) is 7.92. The van der Waals surface area contributed by atoms with Crippen molar-refractivity contribution < 1.29 is 38.1 Å². The van der Waals surface area contributed by atoms with Gasteiger partial charge in [0.05, 0.1) is 16.7 Å². The van der Waals surface area contributed by atoms with Crippen LogP contribution in [-0.2, 0) is 18.9 Å². The molecule has 1 saturated heterocycles. The van der Waals surface area contributed by atoms with Crippen molar-refractivity contribution in [1.29, 1.82) is 0 Å². The van der Waals surface area contributed by atoms with Crippen molar-refractivity contribution in [3.63, 3.8) is 0 Å². The first kappa shape index (κ1) is 34.2. The minimum Gasteiger partial charge on any atom is -0.459 e. The first-order valence-electron chi connectivity index (χ1n) is 15.8. The molecule has 1 unspecified atom stereocenters. The second-order valence-corrected chi connectivity index (χ2v) is 11.3. The van der Waals surface area contributed by atoms with Gasteiger partial charge in [-0.15, -0.1) is 0 Å². The van der Waals surface area contributed by atoms with E-state index in [1.165, 1.54) is 36.5 Å². The standard InChI is InChI=1S/C39H31N3O9/c1-2-25-23-42(39(47)41-33(25)40-34(43)26-15-7-3-8-16-26)35-32(51-38(46)29-21-13-6-14-22-29)31(50-37(45)28-19-11-5-12-20-28)30(49-35)24-48-36(44)27-17-9-4-10-18-27/h2-23,30-32,35H,1,24H2,(H,40,41,43,47)/t30-,31?,32-,35-/m1/s1. The zero-order chi connectivity index (χ0) is 35.7.